The van der Waals surface area contributed by atoms with Crippen LogP contribution in [0.5, 0.6) is 5.75 Å². The van der Waals surface area contributed by atoms with Crippen LogP contribution in [0.4, 0.5) is 4.39 Å². The van der Waals surface area contributed by atoms with Gasteiger partial charge in [0.15, 0.2) is 11.6 Å². The molecule has 4 heteroatoms. The molecule has 66 valence electrons. The van der Waals surface area contributed by atoms with E-state index in [0.29, 0.717) is 0 Å². The van der Waals surface area contributed by atoms with Crippen molar-refractivity contribution < 1.29 is 9.50 Å². The average molecular weight is 190 g/mol. The lowest BCUT2D eigenvalue weighted by Crippen LogP contribution is -2.06. The van der Waals surface area contributed by atoms with Crippen molar-refractivity contribution in [3.05, 3.63) is 28.5 Å². The van der Waals surface area contributed by atoms with E-state index in [1.165, 1.54) is 6.07 Å². The van der Waals surface area contributed by atoms with Gasteiger partial charge in [-0.1, -0.05) is 11.6 Å². The van der Waals surface area contributed by atoms with Gasteiger partial charge >= 0.3 is 0 Å². The van der Waals surface area contributed by atoms with Gasteiger partial charge in [-0.3, -0.25) is 0 Å². The first-order valence-corrected chi connectivity index (χ1v) is 3.84. The van der Waals surface area contributed by atoms with Crippen molar-refractivity contribution in [2.24, 2.45) is 5.73 Å². The summed E-state index contributed by atoms with van der Waals surface area (Å²) in [5.41, 5.74) is 5.72. The van der Waals surface area contributed by atoms with Crippen molar-refractivity contribution in [3.63, 3.8) is 0 Å². The van der Waals surface area contributed by atoms with Crippen molar-refractivity contribution in [2.75, 3.05) is 0 Å². The molecule has 0 aliphatic heterocycles. The summed E-state index contributed by atoms with van der Waals surface area (Å²) in [5.74, 6) is -1.16. The molecule has 0 saturated heterocycles. The highest BCUT2D eigenvalue weighted by molar-refractivity contribution is 6.31. The summed E-state index contributed by atoms with van der Waals surface area (Å²) in [6.45, 7) is 1.63. The molecule has 12 heavy (non-hydrogen) atoms. The second-order valence-corrected chi connectivity index (χ2v) is 2.99. The number of aromatic hydroxyl groups is 1. The van der Waals surface area contributed by atoms with Gasteiger partial charge in [0.1, 0.15) is 0 Å². The van der Waals surface area contributed by atoms with E-state index in [9.17, 15) is 9.50 Å². The molecule has 2 nitrogen and oxygen atoms in total. The Kier molecular flexibility index (Phi) is 2.55. The van der Waals surface area contributed by atoms with Crippen molar-refractivity contribution in [1.82, 2.24) is 0 Å². The Balaban J connectivity index is 3.33. The van der Waals surface area contributed by atoms with E-state index in [1.807, 2.05) is 0 Å². The van der Waals surface area contributed by atoms with Crippen LogP contribution in [0.15, 0.2) is 12.1 Å². The van der Waals surface area contributed by atoms with Crippen LogP contribution in [0.2, 0.25) is 5.02 Å². The Hall–Kier alpha value is -0.800. The maximum Gasteiger partial charge on any atom is 0.165 e. The zero-order chi connectivity index (χ0) is 9.30. The SMILES string of the molecule is C[C@H](N)c1c(Cl)ccc(F)c1O. The summed E-state index contributed by atoms with van der Waals surface area (Å²) in [5, 5.41) is 9.49. The first kappa shape index (κ1) is 9.29. The molecule has 1 rings (SSSR count). The lowest BCUT2D eigenvalue weighted by molar-refractivity contribution is 0.422. The predicted molar refractivity (Wildman–Crippen MR) is 45.7 cm³/mol. The number of phenols is 1. The van der Waals surface area contributed by atoms with Crippen molar-refractivity contribution >= 4 is 11.6 Å². The van der Waals surface area contributed by atoms with Crippen LogP contribution in [0.3, 0.4) is 0 Å². The first-order chi connectivity index (χ1) is 5.54. The molecule has 0 spiro atoms. The van der Waals surface area contributed by atoms with E-state index >= 15 is 0 Å². The normalized spacial score (nSPS) is 13.0. The lowest BCUT2D eigenvalue weighted by Gasteiger charge is -2.10. The molecule has 3 N–H and O–H groups in total. The fourth-order valence-electron chi connectivity index (χ4n) is 0.990. The molecule has 0 aliphatic rings. The number of hydrogen-bond donors (Lipinski definition) is 2. The highest BCUT2D eigenvalue weighted by Crippen LogP contribution is 2.32. The van der Waals surface area contributed by atoms with E-state index < -0.39 is 17.6 Å². The van der Waals surface area contributed by atoms with E-state index in [4.69, 9.17) is 17.3 Å². The Bertz CT molecular complexity index is 301. The standard InChI is InChI=1S/C8H9ClFNO/c1-4(11)7-5(9)2-3-6(10)8(7)12/h2-4,12H,11H2,1H3/t4-/m0/s1. The molecule has 0 bridgehead atoms. The molecule has 0 radical (unpaired) electrons. The van der Waals surface area contributed by atoms with Crippen LogP contribution in [0, 0.1) is 5.82 Å². The van der Waals surface area contributed by atoms with Gasteiger partial charge in [-0.15, -0.1) is 0 Å². The molecule has 0 unspecified atom stereocenters. The van der Waals surface area contributed by atoms with E-state index in [0.717, 1.165) is 6.07 Å². The van der Waals surface area contributed by atoms with Gasteiger partial charge in [0.05, 0.1) is 0 Å². The smallest absolute Gasteiger partial charge is 0.165 e. The highest BCUT2D eigenvalue weighted by atomic mass is 35.5. The Morgan fingerprint density at radius 3 is 2.58 bits per heavy atom. The third-order valence-corrected chi connectivity index (χ3v) is 1.90. The largest absolute Gasteiger partial charge is 0.505 e. The van der Waals surface area contributed by atoms with Gasteiger partial charge < -0.3 is 10.8 Å². The van der Waals surface area contributed by atoms with Crippen molar-refractivity contribution in [1.29, 1.82) is 0 Å². The van der Waals surface area contributed by atoms with E-state index in [2.05, 4.69) is 0 Å². The van der Waals surface area contributed by atoms with Gasteiger partial charge in [-0.05, 0) is 19.1 Å². The van der Waals surface area contributed by atoms with Crippen LogP contribution in [0.1, 0.15) is 18.5 Å². The zero-order valence-corrected chi connectivity index (χ0v) is 7.27. The number of nitrogens with two attached hydrogens (primary N) is 1. The lowest BCUT2D eigenvalue weighted by atomic mass is 10.1. The van der Waals surface area contributed by atoms with Gasteiger partial charge in [0.2, 0.25) is 0 Å². The number of hydrogen-bond acceptors (Lipinski definition) is 2. The number of benzene rings is 1. The second-order valence-electron chi connectivity index (χ2n) is 2.58. The van der Waals surface area contributed by atoms with Crippen LogP contribution >= 0.6 is 11.6 Å². The Labute approximate surface area is 74.8 Å². The molecular weight excluding hydrogens is 181 g/mol. The number of halogens is 2. The quantitative estimate of drug-likeness (QED) is 0.712. The third-order valence-electron chi connectivity index (χ3n) is 1.57. The summed E-state index contributed by atoms with van der Waals surface area (Å²) in [6, 6.07) is 1.99. The van der Waals surface area contributed by atoms with Gasteiger partial charge in [-0.25, -0.2) is 4.39 Å². The molecule has 0 aliphatic carbocycles. The van der Waals surface area contributed by atoms with E-state index in [-0.39, 0.29) is 10.6 Å². The molecule has 1 aromatic rings. The van der Waals surface area contributed by atoms with Crippen LogP contribution < -0.4 is 5.73 Å². The Morgan fingerprint density at radius 2 is 2.17 bits per heavy atom. The van der Waals surface area contributed by atoms with Crippen LogP contribution in [0.25, 0.3) is 0 Å². The number of rotatable bonds is 1. The third kappa shape index (κ3) is 1.52. The molecule has 1 atom stereocenters. The second kappa shape index (κ2) is 3.29. The van der Waals surface area contributed by atoms with Gasteiger partial charge in [0.25, 0.3) is 0 Å². The minimum atomic E-state index is -0.702. The van der Waals surface area contributed by atoms with E-state index in [1.54, 1.807) is 6.92 Å². The molecular formula is C8H9ClFNO. The molecule has 0 heterocycles. The number of phenolic OH excluding ortho intramolecular Hbond substituents is 1. The van der Waals surface area contributed by atoms with Crippen molar-refractivity contribution in [2.45, 2.75) is 13.0 Å². The summed E-state index contributed by atoms with van der Waals surface area (Å²) in [6.07, 6.45) is 0. The fraction of sp³-hybridized carbons (Fsp3) is 0.250. The Morgan fingerprint density at radius 1 is 1.58 bits per heavy atom. The van der Waals surface area contributed by atoms with Crippen LogP contribution in [-0.2, 0) is 0 Å². The van der Waals surface area contributed by atoms with Gasteiger partial charge in [-0.2, -0.15) is 0 Å². The molecule has 1 aromatic carbocycles. The zero-order valence-electron chi connectivity index (χ0n) is 6.51. The maximum atomic E-state index is 12.8. The van der Waals surface area contributed by atoms with Crippen molar-refractivity contribution in [3.8, 4) is 5.75 Å². The summed E-state index contributed by atoms with van der Waals surface area (Å²) < 4.78 is 12.8. The predicted octanol–water partition coefficient (Wildman–Crippen LogP) is 2.20. The minimum Gasteiger partial charge on any atom is -0.505 e. The summed E-state index contributed by atoms with van der Waals surface area (Å²) in [4.78, 5) is 0. The summed E-state index contributed by atoms with van der Waals surface area (Å²) >= 11 is 5.69. The monoisotopic (exact) mass is 189 g/mol. The van der Waals surface area contributed by atoms with Gasteiger partial charge in [0, 0.05) is 16.6 Å². The molecule has 0 fully saturated rings. The molecule has 0 saturated carbocycles. The first-order valence-electron chi connectivity index (χ1n) is 3.46. The average Bonchev–Trinajstić information content (AvgIpc) is 1.97. The molecule has 0 amide bonds. The molecule has 0 aromatic heterocycles. The topological polar surface area (TPSA) is 46.2 Å². The highest BCUT2D eigenvalue weighted by Gasteiger charge is 2.14. The minimum absolute atomic E-state index is 0.247. The fourth-order valence-corrected chi connectivity index (χ4v) is 1.31. The summed E-state index contributed by atoms with van der Waals surface area (Å²) in [7, 11) is 0. The van der Waals surface area contributed by atoms with Crippen LogP contribution in [-0.4, -0.2) is 5.11 Å². The maximum absolute atomic E-state index is 12.8.